The first-order valence-corrected chi connectivity index (χ1v) is 9.95. The Hall–Kier alpha value is -1.86. The number of ketones is 1. The highest BCUT2D eigenvalue weighted by atomic mass is 35.5. The van der Waals surface area contributed by atoms with Crippen molar-refractivity contribution in [1.29, 1.82) is 5.41 Å². The number of furan rings is 1. The van der Waals surface area contributed by atoms with Crippen LogP contribution in [0.3, 0.4) is 0 Å². The molecule has 4 nitrogen and oxygen atoms in total. The van der Waals surface area contributed by atoms with Crippen LogP contribution in [0.15, 0.2) is 51.2 Å². The highest BCUT2D eigenvalue weighted by Crippen LogP contribution is 2.41. The molecule has 1 aromatic carbocycles. The first-order chi connectivity index (χ1) is 12.5. The lowest BCUT2D eigenvalue weighted by Crippen LogP contribution is -2.11. The van der Waals surface area contributed by atoms with E-state index >= 15 is 0 Å². The van der Waals surface area contributed by atoms with Gasteiger partial charge in [-0.15, -0.1) is 11.3 Å². The van der Waals surface area contributed by atoms with E-state index in [0.29, 0.717) is 31.5 Å². The first-order valence-electron chi connectivity index (χ1n) is 7.50. The summed E-state index contributed by atoms with van der Waals surface area (Å²) in [6.45, 7) is 0. The number of nitrogens with zero attached hydrogens (tertiary/aromatic N) is 1. The van der Waals surface area contributed by atoms with Gasteiger partial charge >= 0.3 is 0 Å². The van der Waals surface area contributed by atoms with E-state index in [2.05, 4.69) is 4.98 Å². The summed E-state index contributed by atoms with van der Waals surface area (Å²) in [7, 11) is 0. The maximum atomic E-state index is 12.6. The van der Waals surface area contributed by atoms with Gasteiger partial charge in [-0.2, -0.15) is 0 Å². The fourth-order valence-electron chi connectivity index (χ4n) is 2.56. The van der Waals surface area contributed by atoms with Gasteiger partial charge in [-0.1, -0.05) is 35.0 Å². The van der Waals surface area contributed by atoms with Crippen molar-refractivity contribution in [2.45, 2.75) is 5.92 Å². The number of carbonyl (C=O) groups is 1. The Labute approximate surface area is 167 Å². The van der Waals surface area contributed by atoms with Crippen LogP contribution >= 0.6 is 46.3 Å². The van der Waals surface area contributed by atoms with Crippen LogP contribution in [-0.2, 0) is 4.79 Å². The lowest BCUT2D eigenvalue weighted by Gasteiger charge is -2.01. The number of allylic oxidation sites excluding steroid dienone is 1. The summed E-state index contributed by atoms with van der Waals surface area (Å²) in [6.07, 6.45) is 3.30. The molecule has 0 unspecified atom stereocenters. The number of halogens is 2. The zero-order chi connectivity index (χ0) is 18.3. The molecular weight excluding hydrogens is 411 g/mol. The van der Waals surface area contributed by atoms with Crippen LogP contribution in [0.2, 0.25) is 10.0 Å². The minimum Gasteiger partial charge on any atom is -0.457 e. The Morgan fingerprint density at radius 1 is 1.19 bits per heavy atom. The predicted octanol–water partition coefficient (Wildman–Crippen LogP) is 6.13. The smallest absolute Gasteiger partial charge is 0.186 e. The standard InChI is InChI=1S/C18H10Cl2N2O2S2/c19-11-3-1-9(7-12(11)20)13-4-2-10(24-13)8-14-16(23)15(17(21)26-14)18-22-5-6-25-18/h1-8,15,21H/b14-8-,21-17?/t15-/m1/s1. The highest BCUT2D eigenvalue weighted by Gasteiger charge is 2.38. The fraction of sp³-hybridized carbons (Fsp3) is 0.0556. The Balaban J connectivity index is 1.61. The van der Waals surface area contributed by atoms with Crippen molar-refractivity contribution < 1.29 is 9.21 Å². The van der Waals surface area contributed by atoms with Crippen molar-refractivity contribution in [2.24, 2.45) is 0 Å². The molecule has 130 valence electrons. The number of hydrogen-bond donors (Lipinski definition) is 1. The van der Waals surface area contributed by atoms with Gasteiger partial charge in [0.2, 0.25) is 0 Å². The largest absolute Gasteiger partial charge is 0.457 e. The maximum absolute atomic E-state index is 12.6. The minimum absolute atomic E-state index is 0.123. The fourth-order valence-corrected chi connectivity index (χ4v) is 4.64. The number of benzene rings is 1. The minimum atomic E-state index is -0.601. The number of thioether (sulfide) groups is 1. The van der Waals surface area contributed by atoms with Crippen LogP contribution in [0.5, 0.6) is 0 Å². The number of Topliss-reactive ketones (excluding diaryl/α,β-unsaturated/α-hetero) is 1. The van der Waals surface area contributed by atoms with Gasteiger partial charge in [0.15, 0.2) is 5.78 Å². The molecule has 1 saturated heterocycles. The Bertz CT molecular complexity index is 1040. The van der Waals surface area contributed by atoms with Gasteiger partial charge < -0.3 is 4.42 Å². The second-order valence-electron chi connectivity index (χ2n) is 5.47. The Morgan fingerprint density at radius 3 is 2.77 bits per heavy atom. The Kier molecular flexibility index (Phi) is 4.75. The second kappa shape index (κ2) is 7.04. The van der Waals surface area contributed by atoms with Crippen molar-refractivity contribution in [2.75, 3.05) is 0 Å². The number of carbonyl (C=O) groups excluding carboxylic acids is 1. The normalized spacial score (nSPS) is 18.8. The van der Waals surface area contributed by atoms with E-state index in [1.165, 1.54) is 11.3 Å². The molecule has 1 aliphatic heterocycles. The molecule has 1 atom stereocenters. The maximum Gasteiger partial charge on any atom is 0.186 e. The molecule has 3 heterocycles. The van der Waals surface area contributed by atoms with Gasteiger partial charge in [0.1, 0.15) is 22.4 Å². The number of aromatic nitrogens is 1. The molecule has 2 aromatic heterocycles. The van der Waals surface area contributed by atoms with Crippen LogP contribution < -0.4 is 0 Å². The summed E-state index contributed by atoms with van der Waals surface area (Å²) in [5.41, 5.74) is 0.794. The van der Waals surface area contributed by atoms with E-state index in [0.717, 1.165) is 17.3 Å². The quantitative estimate of drug-likeness (QED) is 0.517. The van der Waals surface area contributed by atoms with Crippen LogP contribution in [0.25, 0.3) is 17.4 Å². The molecule has 3 aromatic rings. The molecule has 0 radical (unpaired) electrons. The number of rotatable bonds is 3. The number of nitrogens with one attached hydrogen (secondary N) is 1. The van der Waals surface area contributed by atoms with Gasteiger partial charge in [0, 0.05) is 17.1 Å². The lowest BCUT2D eigenvalue weighted by atomic mass is 10.1. The molecule has 1 N–H and O–H groups in total. The monoisotopic (exact) mass is 420 g/mol. The van der Waals surface area contributed by atoms with Gasteiger partial charge in [-0.05, 0) is 36.4 Å². The van der Waals surface area contributed by atoms with E-state index in [4.69, 9.17) is 33.0 Å². The van der Waals surface area contributed by atoms with Gasteiger partial charge in [0.05, 0.1) is 20.0 Å². The van der Waals surface area contributed by atoms with Crippen LogP contribution in [-0.4, -0.2) is 15.8 Å². The van der Waals surface area contributed by atoms with Crippen LogP contribution in [0.4, 0.5) is 0 Å². The van der Waals surface area contributed by atoms with Crippen molar-refractivity contribution in [3.05, 3.63) is 67.6 Å². The van der Waals surface area contributed by atoms with E-state index in [1.807, 2.05) is 6.07 Å². The van der Waals surface area contributed by atoms with Gasteiger partial charge in [-0.3, -0.25) is 10.2 Å². The molecule has 26 heavy (non-hydrogen) atoms. The van der Waals surface area contributed by atoms with Gasteiger partial charge in [0.25, 0.3) is 0 Å². The van der Waals surface area contributed by atoms with Gasteiger partial charge in [-0.25, -0.2) is 4.98 Å². The third-order valence-corrected chi connectivity index (χ3v) is 6.36. The topological polar surface area (TPSA) is 67.0 Å². The molecule has 0 aliphatic carbocycles. The molecule has 0 amide bonds. The molecule has 0 spiro atoms. The van der Waals surface area contributed by atoms with E-state index in [1.54, 1.807) is 41.9 Å². The summed E-state index contributed by atoms with van der Waals surface area (Å²) in [5, 5.41) is 11.8. The van der Waals surface area contributed by atoms with Crippen molar-refractivity contribution in [3.63, 3.8) is 0 Å². The summed E-state index contributed by atoms with van der Waals surface area (Å²) < 4.78 is 5.81. The average molecular weight is 421 g/mol. The zero-order valence-corrected chi connectivity index (χ0v) is 16.2. The third kappa shape index (κ3) is 3.25. The summed E-state index contributed by atoms with van der Waals surface area (Å²) in [4.78, 5) is 17.3. The zero-order valence-electron chi connectivity index (χ0n) is 13.0. The van der Waals surface area contributed by atoms with Crippen LogP contribution in [0, 0.1) is 5.41 Å². The number of hydrogen-bond acceptors (Lipinski definition) is 6. The molecule has 0 bridgehead atoms. The molecule has 0 saturated carbocycles. The Morgan fingerprint density at radius 2 is 2.04 bits per heavy atom. The third-order valence-electron chi connectivity index (χ3n) is 3.79. The van der Waals surface area contributed by atoms with Crippen molar-refractivity contribution >= 4 is 63.2 Å². The average Bonchev–Trinajstić information content (AvgIpc) is 3.33. The summed E-state index contributed by atoms with van der Waals surface area (Å²) >= 11 is 14.5. The van der Waals surface area contributed by atoms with E-state index in [-0.39, 0.29) is 10.8 Å². The first kappa shape index (κ1) is 17.5. The summed E-state index contributed by atoms with van der Waals surface area (Å²) in [6, 6.07) is 8.83. The molecule has 1 fully saturated rings. The van der Waals surface area contributed by atoms with Crippen LogP contribution in [0.1, 0.15) is 16.7 Å². The van der Waals surface area contributed by atoms with Crippen molar-refractivity contribution in [1.82, 2.24) is 4.98 Å². The number of thiazole rings is 1. The highest BCUT2D eigenvalue weighted by molar-refractivity contribution is 8.19. The molecule has 8 heteroatoms. The van der Waals surface area contributed by atoms with E-state index in [9.17, 15) is 4.79 Å². The van der Waals surface area contributed by atoms with E-state index < -0.39 is 5.92 Å². The predicted molar refractivity (Wildman–Crippen MR) is 107 cm³/mol. The SMILES string of the molecule is N=C1S/C(=C\c2ccc(-c3ccc(Cl)c(Cl)c3)o2)C(=O)[C@H]1c1nccs1. The second-order valence-corrected chi connectivity index (χ2v) is 8.30. The lowest BCUT2D eigenvalue weighted by molar-refractivity contribution is -0.114. The molecular formula is C18H10Cl2N2O2S2. The summed E-state index contributed by atoms with van der Waals surface area (Å²) in [5.74, 6) is 0.435. The molecule has 4 rings (SSSR count). The van der Waals surface area contributed by atoms with Crippen molar-refractivity contribution in [3.8, 4) is 11.3 Å². The molecule has 1 aliphatic rings.